The van der Waals surface area contributed by atoms with Crippen molar-refractivity contribution < 1.29 is 17.9 Å². The number of likely N-dealkylation sites (tertiary alicyclic amines) is 1. The molecule has 1 unspecified atom stereocenters. The van der Waals surface area contributed by atoms with E-state index in [-0.39, 0.29) is 6.04 Å². The van der Waals surface area contributed by atoms with Crippen LogP contribution >= 0.6 is 0 Å². The number of aliphatic imine (C=N–C) groups is 1. The van der Waals surface area contributed by atoms with Gasteiger partial charge in [0, 0.05) is 39.3 Å². The van der Waals surface area contributed by atoms with E-state index in [9.17, 15) is 13.2 Å². The Bertz CT molecular complexity index is 592. The van der Waals surface area contributed by atoms with Crippen LogP contribution < -0.4 is 10.6 Å². The van der Waals surface area contributed by atoms with Crippen molar-refractivity contribution in [3.63, 3.8) is 0 Å². The summed E-state index contributed by atoms with van der Waals surface area (Å²) in [6.07, 6.45) is -3.49. The average molecular weight is 372 g/mol. The van der Waals surface area contributed by atoms with E-state index in [4.69, 9.17) is 4.74 Å². The van der Waals surface area contributed by atoms with Gasteiger partial charge in [-0.1, -0.05) is 24.3 Å². The highest BCUT2D eigenvalue weighted by atomic mass is 19.4. The highest BCUT2D eigenvalue weighted by Gasteiger charge is 2.34. The number of hydrogen-bond acceptors (Lipinski definition) is 3. The van der Waals surface area contributed by atoms with Crippen molar-refractivity contribution in [2.75, 3.05) is 33.3 Å². The molecule has 0 bridgehead atoms. The van der Waals surface area contributed by atoms with Gasteiger partial charge in [-0.15, -0.1) is 0 Å². The third-order valence-electron chi connectivity index (χ3n) is 4.27. The molecule has 0 aliphatic carbocycles. The predicted molar refractivity (Wildman–Crippen MR) is 96.0 cm³/mol. The Morgan fingerprint density at radius 3 is 2.69 bits per heavy atom. The van der Waals surface area contributed by atoms with Crippen LogP contribution in [0.25, 0.3) is 0 Å². The number of nitrogens with zero attached hydrogens (tertiary/aromatic N) is 2. The summed E-state index contributed by atoms with van der Waals surface area (Å²) in [5.74, 6) is 0.593. The molecule has 1 fully saturated rings. The van der Waals surface area contributed by atoms with Crippen molar-refractivity contribution in [1.29, 1.82) is 0 Å². The maximum atomic E-state index is 12.5. The van der Waals surface area contributed by atoms with E-state index in [1.165, 1.54) is 4.90 Å². The molecule has 0 spiro atoms. The van der Waals surface area contributed by atoms with Crippen molar-refractivity contribution in [3.8, 4) is 0 Å². The number of rotatable bonds is 7. The zero-order valence-electron chi connectivity index (χ0n) is 15.3. The smallest absolute Gasteiger partial charge is 0.377 e. The number of ether oxygens (including phenoxy) is 1. The lowest BCUT2D eigenvalue weighted by molar-refractivity contribution is -0.143. The zero-order chi connectivity index (χ0) is 19.0. The van der Waals surface area contributed by atoms with E-state index >= 15 is 0 Å². The van der Waals surface area contributed by atoms with E-state index in [1.54, 1.807) is 7.05 Å². The molecule has 146 valence electrons. The quantitative estimate of drug-likeness (QED) is 0.570. The maximum absolute atomic E-state index is 12.5. The molecule has 0 amide bonds. The second-order valence-corrected chi connectivity index (χ2v) is 6.31. The largest absolute Gasteiger partial charge is 0.401 e. The second kappa shape index (κ2) is 9.78. The first-order valence-corrected chi connectivity index (χ1v) is 8.82. The van der Waals surface area contributed by atoms with Crippen molar-refractivity contribution in [3.05, 3.63) is 35.4 Å². The summed E-state index contributed by atoms with van der Waals surface area (Å²) in [5.41, 5.74) is 2.21. The van der Waals surface area contributed by atoms with Gasteiger partial charge in [0.25, 0.3) is 0 Å². The van der Waals surface area contributed by atoms with Crippen molar-refractivity contribution in [2.45, 2.75) is 38.7 Å². The Morgan fingerprint density at radius 2 is 2.04 bits per heavy atom. The number of guanidine groups is 1. The van der Waals surface area contributed by atoms with Gasteiger partial charge in [-0.3, -0.25) is 9.89 Å². The molecule has 0 radical (unpaired) electrons. The molecule has 0 saturated carbocycles. The molecule has 1 heterocycles. The Labute approximate surface area is 152 Å². The fraction of sp³-hybridized carbons (Fsp3) is 0.611. The van der Waals surface area contributed by atoms with Crippen molar-refractivity contribution in [2.24, 2.45) is 4.99 Å². The molecule has 1 aromatic rings. The molecule has 1 aliphatic rings. The standard InChI is InChI=1S/C18H27F3N4O/c1-3-26-12-15-7-5-4-6-14(15)10-23-17(22-2)24-16-8-9-25(11-16)13-18(19,20)21/h4-7,16H,3,8-13H2,1-2H3,(H2,22,23,24). The Morgan fingerprint density at radius 1 is 1.31 bits per heavy atom. The molecule has 8 heteroatoms. The van der Waals surface area contributed by atoms with Gasteiger partial charge in [0.2, 0.25) is 0 Å². The van der Waals surface area contributed by atoms with Gasteiger partial charge in [0.05, 0.1) is 13.2 Å². The van der Waals surface area contributed by atoms with Gasteiger partial charge in [0.15, 0.2) is 5.96 Å². The number of halogens is 3. The summed E-state index contributed by atoms with van der Waals surface area (Å²) >= 11 is 0. The molecular formula is C18H27F3N4O. The van der Waals surface area contributed by atoms with E-state index in [2.05, 4.69) is 15.6 Å². The highest BCUT2D eigenvalue weighted by molar-refractivity contribution is 5.80. The van der Waals surface area contributed by atoms with Crippen LogP contribution in [-0.2, 0) is 17.9 Å². The number of nitrogens with one attached hydrogen (secondary N) is 2. The van der Waals surface area contributed by atoms with Crippen molar-refractivity contribution >= 4 is 5.96 Å². The van der Waals surface area contributed by atoms with Gasteiger partial charge in [0.1, 0.15) is 0 Å². The third kappa shape index (κ3) is 6.84. The highest BCUT2D eigenvalue weighted by Crippen LogP contribution is 2.20. The van der Waals surface area contributed by atoms with E-state index in [1.807, 2.05) is 31.2 Å². The Hall–Kier alpha value is -1.80. The van der Waals surface area contributed by atoms with Gasteiger partial charge in [-0.2, -0.15) is 13.2 Å². The fourth-order valence-corrected chi connectivity index (χ4v) is 3.00. The molecule has 1 saturated heterocycles. The van der Waals surface area contributed by atoms with Crippen LogP contribution in [0.3, 0.4) is 0 Å². The molecule has 5 nitrogen and oxygen atoms in total. The lowest BCUT2D eigenvalue weighted by Gasteiger charge is -2.20. The minimum absolute atomic E-state index is 0.0396. The van der Waals surface area contributed by atoms with E-state index in [0.717, 1.165) is 11.1 Å². The third-order valence-corrected chi connectivity index (χ3v) is 4.27. The van der Waals surface area contributed by atoms with E-state index in [0.29, 0.717) is 45.2 Å². The van der Waals surface area contributed by atoms with Gasteiger partial charge < -0.3 is 15.4 Å². The van der Waals surface area contributed by atoms with Crippen LogP contribution in [0, 0.1) is 0 Å². The lowest BCUT2D eigenvalue weighted by atomic mass is 10.1. The summed E-state index contributed by atoms with van der Waals surface area (Å²) in [7, 11) is 1.66. The SMILES string of the molecule is CCOCc1ccccc1CNC(=NC)NC1CCN(CC(F)(F)F)C1. The minimum Gasteiger partial charge on any atom is -0.377 e. The monoisotopic (exact) mass is 372 g/mol. The summed E-state index contributed by atoms with van der Waals surface area (Å²) in [5, 5.41) is 6.45. The summed E-state index contributed by atoms with van der Waals surface area (Å²) < 4.78 is 43.0. The molecule has 0 aromatic heterocycles. The molecular weight excluding hydrogens is 345 g/mol. The van der Waals surface area contributed by atoms with Crippen LogP contribution in [0.2, 0.25) is 0 Å². The predicted octanol–water partition coefficient (Wildman–Crippen LogP) is 2.52. The number of benzene rings is 1. The number of alkyl halides is 3. The first-order valence-electron chi connectivity index (χ1n) is 8.82. The molecule has 1 aromatic carbocycles. The summed E-state index contributed by atoms with van der Waals surface area (Å²) in [4.78, 5) is 5.60. The van der Waals surface area contributed by atoms with Gasteiger partial charge >= 0.3 is 6.18 Å². The molecule has 1 atom stereocenters. The van der Waals surface area contributed by atoms with Crippen LogP contribution in [0.15, 0.2) is 29.3 Å². The first kappa shape index (κ1) is 20.5. The first-order chi connectivity index (χ1) is 12.4. The minimum atomic E-state index is -4.15. The normalized spacial score (nSPS) is 19.0. The average Bonchev–Trinajstić information content (AvgIpc) is 3.02. The topological polar surface area (TPSA) is 48.9 Å². The molecule has 2 N–H and O–H groups in total. The van der Waals surface area contributed by atoms with E-state index < -0.39 is 12.7 Å². The molecule has 26 heavy (non-hydrogen) atoms. The van der Waals surface area contributed by atoms with Gasteiger partial charge in [-0.25, -0.2) is 0 Å². The van der Waals surface area contributed by atoms with Crippen LogP contribution in [0.1, 0.15) is 24.5 Å². The second-order valence-electron chi connectivity index (χ2n) is 6.31. The summed E-state index contributed by atoms with van der Waals surface area (Å²) in [6, 6.07) is 7.94. The van der Waals surface area contributed by atoms with Crippen molar-refractivity contribution in [1.82, 2.24) is 15.5 Å². The van der Waals surface area contributed by atoms with Crippen LogP contribution in [-0.4, -0.2) is 56.4 Å². The Balaban J connectivity index is 1.84. The fourth-order valence-electron chi connectivity index (χ4n) is 3.00. The number of hydrogen-bond donors (Lipinski definition) is 2. The van der Waals surface area contributed by atoms with Crippen LogP contribution in [0.4, 0.5) is 13.2 Å². The van der Waals surface area contributed by atoms with Crippen LogP contribution in [0.5, 0.6) is 0 Å². The Kier molecular flexibility index (Phi) is 7.71. The van der Waals surface area contributed by atoms with Gasteiger partial charge in [-0.05, 0) is 24.5 Å². The lowest BCUT2D eigenvalue weighted by Crippen LogP contribution is -2.45. The summed E-state index contributed by atoms with van der Waals surface area (Å²) in [6.45, 7) is 3.67. The maximum Gasteiger partial charge on any atom is 0.401 e. The molecule has 2 rings (SSSR count). The zero-order valence-corrected chi connectivity index (χ0v) is 15.3. The molecule has 1 aliphatic heterocycles.